The molecule has 0 amide bonds. The molecule has 1 aromatic carbocycles. The Kier molecular flexibility index (Phi) is 4.50. The molecule has 0 radical (unpaired) electrons. The first-order chi connectivity index (χ1) is 8.88. The van der Waals surface area contributed by atoms with Gasteiger partial charge in [-0.25, -0.2) is 4.79 Å². The SMILES string of the molecule is CC1(OCC(=O)O)CN(Cc2cc(Br)ccc2Cl)C1. The number of carbonyl (C=O) groups is 1. The van der Waals surface area contributed by atoms with Gasteiger partial charge in [-0.3, -0.25) is 4.90 Å². The van der Waals surface area contributed by atoms with Gasteiger partial charge in [-0.1, -0.05) is 27.5 Å². The van der Waals surface area contributed by atoms with Gasteiger partial charge in [0.05, 0.1) is 5.60 Å². The highest BCUT2D eigenvalue weighted by molar-refractivity contribution is 9.10. The Morgan fingerprint density at radius 1 is 1.58 bits per heavy atom. The minimum absolute atomic E-state index is 0.248. The van der Waals surface area contributed by atoms with Crippen molar-refractivity contribution in [1.29, 1.82) is 0 Å². The molecule has 1 N–H and O–H groups in total. The van der Waals surface area contributed by atoms with Crippen molar-refractivity contribution in [3.8, 4) is 0 Å². The van der Waals surface area contributed by atoms with Gasteiger partial charge in [-0.15, -0.1) is 0 Å². The zero-order chi connectivity index (χ0) is 14.0. The van der Waals surface area contributed by atoms with Crippen molar-refractivity contribution in [1.82, 2.24) is 4.90 Å². The lowest BCUT2D eigenvalue weighted by Gasteiger charge is -2.47. The van der Waals surface area contributed by atoms with Crippen molar-refractivity contribution >= 4 is 33.5 Å². The summed E-state index contributed by atoms with van der Waals surface area (Å²) < 4.78 is 6.36. The molecular formula is C13H15BrClNO3. The average Bonchev–Trinajstić information content (AvgIpc) is 2.29. The fraction of sp³-hybridized carbons (Fsp3) is 0.462. The highest BCUT2D eigenvalue weighted by atomic mass is 79.9. The summed E-state index contributed by atoms with van der Waals surface area (Å²) in [5.74, 6) is -0.935. The van der Waals surface area contributed by atoms with E-state index in [0.29, 0.717) is 13.1 Å². The number of carboxylic acid groups (broad SMARTS) is 1. The molecule has 104 valence electrons. The Hall–Kier alpha value is -0.620. The summed E-state index contributed by atoms with van der Waals surface area (Å²) >= 11 is 9.56. The largest absolute Gasteiger partial charge is 0.480 e. The fourth-order valence-electron chi connectivity index (χ4n) is 2.24. The number of rotatable bonds is 5. The highest BCUT2D eigenvalue weighted by Gasteiger charge is 2.40. The normalized spacial score (nSPS) is 18.1. The zero-order valence-electron chi connectivity index (χ0n) is 10.5. The van der Waals surface area contributed by atoms with Crippen LogP contribution in [0.1, 0.15) is 12.5 Å². The van der Waals surface area contributed by atoms with Crippen LogP contribution in [0.4, 0.5) is 0 Å². The summed E-state index contributed by atoms with van der Waals surface area (Å²) in [5.41, 5.74) is 0.688. The second-order valence-electron chi connectivity index (χ2n) is 5.01. The first kappa shape index (κ1) is 14.8. The van der Waals surface area contributed by atoms with Gasteiger partial charge < -0.3 is 9.84 Å². The number of hydrogen-bond acceptors (Lipinski definition) is 3. The Morgan fingerprint density at radius 3 is 2.89 bits per heavy atom. The molecule has 0 atom stereocenters. The number of hydrogen-bond donors (Lipinski definition) is 1. The second kappa shape index (κ2) is 5.79. The lowest BCUT2D eigenvalue weighted by molar-refractivity contribution is -0.165. The molecule has 4 nitrogen and oxygen atoms in total. The molecule has 1 aliphatic rings. The molecule has 6 heteroatoms. The average molecular weight is 349 g/mol. The topological polar surface area (TPSA) is 49.8 Å². The highest BCUT2D eigenvalue weighted by Crippen LogP contribution is 2.29. The number of benzene rings is 1. The number of ether oxygens (including phenoxy) is 1. The van der Waals surface area contributed by atoms with Crippen LogP contribution in [0.15, 0.2) is 22.7 Å². The predicted molar refractivity (Wildman–Crippen MR) is 76.4 cm³/mol. The van der Waals surface area contributed by atoms with Crippen LogP contribution in [0, 0.1) is 0 Å². The van der Waals surface area contributed by atoms with E-state index < -0.39 is 5.97 Å². The first-order valence-corrected chi connectivity index (χ1v) is 7.07. The van der Waals surface area contributed by atoms with Gasteiger partial charge in [0.1, 0.15) is 6.61 Å². The number of carboxylic acids is 1. The van der Waals surface area contributed by atoms with E-state index in [1.54, 1.807) is 0 Å². The van der Waals surface area contributed by atoms with Crippen molar-refractivity contribution in [3.63, 3.8) is 0 Å². The van der Waals surface area contributed by atoms with Crippen molar-refractivity contribution in [3.05, 3.63) is 33.3 Å². The third kappa shape index (κ3) is 3.92. The van der Waals surface area contributed by atoms with E-state index in [1.165, 1.54) is 0 Å². The van der Waals surface area contributed by atoms with Crippen LogP contribution in [0.2, 0.25) is 5.02 Å². The fourth-order valence-corrected chi connectivity index (χ4v) is 2.83. The Morgan fingerprint density at radius 2 is 2.26 bits per heavy atom. The van der Waals surface area contributed by atoms with Crippen LogP contribution in [-0.2, 0) is 16.1 Å². The van der Waals surface area contributed by atoms with Gasteiger partial charge in [-0.2, -0.15) is 0 Å². The molecule has 1 heterocycles. The lowest BCUT2D eigenvalue weighted by atomic mass is 9.95. The standard InChI is InChI=1S/C13H15BrClNO3/c1-13(19-6-12(17)18)7-16(8-13)5-9-4-10(14)2-3-11(9)15/h2-4H,5-8H2,1H3,(H,17,18). The van der Waals surface area contributed by atoms with E-state index in [1.807, 2.05) is 25.1 Å². The molecule has 19 heavy (non-hydrogen) atoms. The zero-order valence-corrected chi connectivity index (χ0v) is 12.9. The van der Waals surface area contributed by atoms with Crippen LogP contribution in [0.5, 0.6) is 0 Å². The first-order valence-electron chi connectivity index (χ1n) is 5.90. The van der Waals surface area contributed by atoms with Gasteiger partial charge in [0.15, 0.2) is 0 Å². The van der Waals surface area contributed by atoms with Gasteiger partial charge in [-0.05, 0) is 30.7 Å². The molecule has 1 saturated heterocycles. The third-order valence-electron chi connectivity index (χ3n) is 3.06. The third-order valence-corrected chi connectivity index (χ3v) is 3.92. The van der Waals surface area contributed by atoms with Crippen LogP contribution in [0.25, 0.3) is 0 Å². The van der Waals surface area contributed by atoms with Crippen molar-refractivity contribution in [2.45, 2.75) is 19.1 Å². The van der Waals surface area contributed by atoms with Crippen LogP contribution < -0.4 is 0 Å². The summed E-state index contributed by atoms with van der Waals surface area (Å²) in [7, 11) is 0. The maximum Gasteiger partial charge on any atom is 0.329 e. The van der Waals surface area contributed by atoms with Crippen molar-refractivity contribution < 1.29 is 14.6 Å². The van der Waals surface area contributed by atoms with E-state index in [2.05, 4.69) is 20.8 Å². The minimum Gasteiger partial charge on any atom is -0.480 e. The van der Waals surface area contributed by atoms with Gasteiger partial charge in [0.25, 0.3) is 0 Å². The molecule has 1 fully saturated rings. The summed E-state index contributed by atoms with van der Waals surface area (Å²) in [6.07, 6.45) is 0. The van der Waals surface area contributed by atoms with E-state index in [9.17, 15) is 4.79 Å². The van der Waals surface area contributed by atoms with Gasteiger partial charge in [0, 0.05) is 29.1 Å². The van der Waals surface area contributed by atoms with E-state index >= 15 is 0 Å². The number of halogens is 2. The van der Waals surface area contributed by atoms with Gasteiger partial charge >= 0.3 is 5.97 Å². The Bertz CT molecular complexity index is 489. The molecule has 0 spiro atoms. The smallest absolute Gasteiger partial charge is 0.329 e. The summed E-state index contributed by atoms with van der Waals surface area (Å²) in [6.45, 7) is 3.84. The maximum absolute atomic E-state index is 10.5. The quantitative estimate of drug-likeness (QED) is 0.889. The number of aliphatic carboxylic acids is 1. The minimum atomic E-state index is -0.935. The predicted octanol–water partition coefficient (Wildman–Crippen LogP) is 2.78. The molecule has 0 bridgehead atoms. The van der Waals surface area contributed by atoms with Crippen LogP contribution in [0.3, 0.4) is 0 Å². The van der Waals surface area contributed by atoms with E-state index in [-0.39, 0.29) is 12.2 Å². The second-order valence-corrected chi connectivity index (χ2v) is 6.34. The summed E-state index contributed by atoms with van der Waals surface area (Å²) in [6, 6.07) is 5.76. The van der Waals surface area contributed by atoms with E-state index in [4.69, 9.17) is 21.4 Å². The summed E-state index contributed by atoms with van der Waals surface area (Å²) in [5, 5.41) is 9.34. The van der Waals surface area contributed by atoms with Gasteiger partial charge in [0.2, 0.25) is 0 Å². The molecule has 0 aromatic heterocycles. The molecular weight excluding hydrogens is 334 g/mol. The molecule has 0 saturated carbocycles. The Labute approximate surface area is 125 Å². The Balaban J connectivity index is 1.87. The maximum atomic E-state index is 10.5. The lowest BCUT2D eigenvalue weighted by Crippen LogP contribution is -2.61. The van der Waals surface area contributed by atoms with Crippen molar-refractivity contribution in [2.75, 3.05) is 19.7 Å². The monoisotopic (exact) mass is 347 g/mol. The molecule has 0 aliphatic carbocycles. The van der Waals surface area contributed by atoms with Crippen molar-refractivity contribution in [2.24, 2.45) is 0 Å². The van der Waals surface area contributed by atoms with Crippen LogP contribution in [-0.4, -0.2) is 41.3 Å². The molecule has 1 aliphatic heterocycles. The molecule has 2 rings (SSSR count). The number of nitrogens with zero attached hydrogens (tertiary/aromatic N) is 1. The van der Waals surface area contributed by atoms with E-state index in [0.717, 1.165) is 21.6 Å². The number of likely N-dealkylation sites (tertiary alicyclic amines) is 1. The van der Waals surface area contributed by atoms with Crippen LogP contribution >= 0.6 is 27.5 Å². The summed E-state index contributed by atoms with van der Waals surface area (Å²) in [4.78, 5) is 12.7. The molecule has 1 aromatic rings. The molecule has 0 unspecified atom stereocenters.